The van der Waals surface area contributed by atoms with Crippen molar-refractivity contribution in [2.75, 3.05) is 31.8 Å². The molecule has 2 atom stereocenters. The Morgan fingerprint density at radius 2 is 2.06 bits per heavy atom. The van der Waals surface area contributed by atoms with Gasteiger partial charge in [-0.2, -0.15) is 0 Å². The molecule has 98 valence electrons. The number of carboxylic acids is 1. The highest BCUT2D eigenvalue weighted by atomic mass is 35.5. The molecule has 3 fully saturated rings. The van der Waals surface area contributed by atoms with E-state index in [0.717, 1.165) is 0 Å². The SMILES string of the molecule is C[C@H]1O[Si]2(CCl)OCCN(CCO2)[C@@H]1C(=O)O. The molecular formula is C9H16ClNO5Si. The van der Waals surface area contributed by atoms with Crippen LogP contribution in [0.2, 0.25) is 0 Å². The highest BCUT2D eigenvalue weighted by Crippen LogP contribution is 2.24. The lowest BCUT2D eigenvalue weighted by molar-refractivity contribution is -0.152. The fourth-order valence-corrected chi connectivity index (χ4v) is 4.84. The molecule has 0 aromatic carbocycles. The summed E-state index contributed by atoms with van der Waals surface area (Å²) in [5.41, 5.74) is 0.156. The van der Waals surface area contributed by atoms with Crippen LogP contribution in [0.25, 0.3) is 0 Å². The van der Waals surface area contributed by atoms with Crippen molar-refractivity contribution in [2.45, 2.75) is 19.1 Å². The minimum Gasteiger partial charge on any atom is -0.480 e. The third-order valence-electron chi connectivity index (χ3n) is 3.02. The van der Waals surface area contributed by atoms with Crippen LogP contribution in [0.1, 0.15) is 6.92 Å². The molecule has 0 amide bonds. The van der Waals surface area contributed by atoms with Crippen molar-refractivity contribution in [3.63, 3.8) is 0 Å². The predicted molar refractivity (Wildman–Crippen MR) is 61.9 cm³/mol. The number of carboxylic acid groups (broad SMARTS) is 1. The van der Waals surface area contributed by atoms with Gasteiger partial charge in [0.05, 0.1) is 24.8 Å². The lowest BCUT2D eigenvalue weighted by Gasteiger charge is -2.43. The Hall–Kier alpha value is -0.183. The van der Waals surface area contributed by atoms with Crippen LogP contribution < -0.4 is 0 Å². The summed E-state index contributed by atoms with van der Waals surface area (Å²) < 4.78 is 16.9. The Morgan fingerprint density at radius 3 is 2.53 bits per heavy atom. The lowest BCUT2D eigenvalue weighted by atomic mass is 10.1. The zero-order valence-corrected chi connectivity index (χ0v) is 11.4. The van der Waals surface area contributed by atoms with Gasteiger partial charge in [-0.05, 0) is 6.92 Å². The van der Waals surface area contributed by atoms with E-state index in [9.17, 15) is 9.90 Å². The van der Waals surface area contributed by atoms with Crippen molar-refractivity contribution in [3.8, 4) is 0 Å². The average Bonchev–Trinajstić information content (AvgIpc) is 2.20. The number of hydrogen-bond acceptors (Lipinski definition) is 5. The van der Waals surface area contributed by atoms with Crippen molar-refractivity contribution in [1.29, 1.82) is 0 Å². The normalized spacial score (nSPS) is 42.6. The second-order valence-corrected chi connectivity index (χ2v) is 7.40. The van der Waals surface area contributed by atoms with Gasteiger partial charge in [0.15, 0.2) is 0 Å². The fourth-order valence-electron chi connectivity index (χ4n) is 2.25. The first kappa shape index (κ1) is 13.3. The number of aliphatic carboxylic acids is 1. The lowest BCUT2D eigenvalue weighted by Crippen LogP contribution is -2.63. The number of hydrogen-bond donors (Lipinski definition) is 1. The summed E-state index contributed by atoms with van der Waals surface area (Å²) in [6.45, 7) is 3.66. The first-order valence-electron chi connectivity index (χ1n) is 5.56. The molecular weight excluding hydrogens is 266 g/mol. The minimum atomic E-state index is -2.88. The fraction of sp³-hybridized carbons (Fsp3) is 0.889. The van der Waals surface area contributed by atoms with Gasteiger partial charge in [-0.25, -0.2) is 0 Å². The van der Waals surface area contributed by atoms with Crippen LogP contribution in [0, 0.1) is 0 Å². The number of alkyl halides is 1. The maximum Gasteiger partial charge on any atom is 0.516 e. The molecule has 3 heterocycles. The van der Waals surface area contributed by atoms with E-state index in [1.165, 1.54) is 0 Å². The monoisotopic (exact) mass is 281 g/mol. The van der Waals surface area contributed by atoms with Gasteiger partial charge in [-0.1, -0.05) is 0 Å². The Balaban J connectivity index is 2.26. The van der Waals surface area contributed by atoms with Gasteiger partial charge in [0, 0.05) is 13.1 Å². The molecule has 0 aromatic rings. The zero-order valence-electron chi connectivity index (χ0n) is 9.60. The summed E-state index contributed by atoms with van der Waals surface area (Å²) in [5, 5.41) is 9.27. The minimum absolute atomic E-state index is 0.156. The maximum atomic E-state index is 11.3. The number of carbonyl (C=O) groups is 1. The Bertz CT molecular complexity index is 295. The second-order valence-electron chi connectivity index (χ2n) is 4.16. The first-order valence-corrected chi connectivity index (χ1v) is 8.03. The smallest absolute Gasteiger partial charge is 0.480 e. The van der Waals surface area contributed by atoms with Crippen molar-refractivity contribution in [1.82, 2.24) is 4.90 Å². The van der Waals surface area contributed by atoms with Crippen LogP contribution in [0.15, 0.2) is 0 Å². The molecule has 6 nitrogen and oxygen atoms in total. The molecule has 8 heteroatoms. The van der Waals surface area contributed by atoms with Crippen LogP contribution in [0.5, 0.6) is 0 Å². The maximum absolute atomic E-state index is 11.3. The number of fused-ring (bicyclic) bond motifs is 6. The average molecular weight is 282 g/mol. The van der Waals surface area contributed by atoms with Gasteiger partial charge in [0.2, 0.25) is 0 Å². The molecule has 0 aliphatic carbocycles. The third-order valence-corrected chi connectivity index (χ3v) is 6.35. The van der Waals surface area contributed by atoms with E-state index in [-0.39, 0.29) is 5.50 Å². The zero-order chi connectivity index (χ0) is 12.5. The number of rotatable bonds is 2. The Morgan fingerprint density at radius 1 is 1.47 bits per heavy atom. The van der Waals surface area contributed by atoms with Crippen LogP contribution in [0.3, 0.4) is 0 Å². The molecule has 3 rings (SSSR count). The van der Waals surface area contributed by atoms with E-state index in [2.05, 4.69) is 0 Å². The van der Waals surface area contributed by atoms with Crippen LogP contribution in [-0.4, -0.2) is 68.7 Å². The summed E-state index contributed by atoms with van der Waals surface area (Å²) >= 11 is 5.88. The molecule has 0 aromatic heterocycles. The van der Waals surface area contributed by atoms with Gasteiger partial charge in [0.1, 0.15) is 6.04 Å². The van der Waals surface area contributed by atoms with E-state index in [1.54, 1.807) is 6.92 Å². The van der Waals surface area contributed by atoms with Crippen LogP contribution >= 0.6 is 11.6 Å². The van der Waals surface area contributed by atoms with E-state index >= 15 is 0 Å². The van der Waals surface area contributed by atoms with Crippen molar-refractivity contribution >= 4 is 26.4 Å². The topological polar surface area (TPSA) is 68.2 Å². The molecule has 1 N–H and O–H groups in total. The molecule has 0 unspecified atom stereocenters. The molecule has 0 spiro atoms. The van der Waals surface area contributed by atoms with Crippen molar-refractivity contribution < 1.29 is 23.2 Å². The van der Waals surface area contributed by atoms with Gasteiger partial charge in [0.25, 0.3) is 0 Å². The molecule has 0 saturated carbocycles. The number of halogens is 1. The standard InChI is InChI=1S/C9H16ClNO5Si/c1-7-8(9(12)13)11-2-4-14-17(6-10,16-7)15-5-3-11/h7-8H,2-6H2,1H3,(H,12,13)/t7-,8+/m1/s1. The highest BCUT2D eigenvalue weighted by molar-refractivity contribution is 6.69. The van der Waals surface area contributed by atoms with Crippen molar-refractivity contribution in [3.05, 3.63) is 0 Å². The Labute approximate surface area is 106 Å². The van der Waals surface area contributed by atoms with Gasteiger partial charge >= 0.3 is 14.8 Å². The number of nitrogens with zero attached hydrogens (tertiary/aromatic N) is 1. The molecule has 3 saturated heterocycles. The van der Waals surface area contributed by atoms with E-state index < -0.39 is 26.9 Å². The van der Waals surface area contributed by atoms with Crippen LogP contribution in [0.4, 0.5) is 0 Å². The quantitative estimate of drug-likeness (QED) is 0.564. The van der Waals surface area contributed by atoms with Gasteiger partial charge < -0.3 is 18.4 Å². The summed E-state index contributed by atoms with van der Waals surface area (Å²) in [4.78, 5) is 13.1. The van der Waals surface area contributed by atoms with Gasteiger partial charge in [-0.3, -0.25) is 9.69 Å². The van der Waals surface area contributed by atoms with E-state index in [1.807, 2.05) is 4.90 Å². The Kier molecular flexibility index (Phi) is 4.06. The first-order chi connectivity index (χ1) is 8.08. The molecule has 3 aliphatic heterocycles. The third kappa shape index (κ3) is 2.64. The second kappa shape index (κ2) is 5.21. The molecule has 17 heavy (non-hydrogen) atoms. The summed E-state index contributed by atoms with van der Waals surface area (Å²) in [6.07, 6.45) is -0.487. The van der Waals surface area contributed by atoms with Gasteiger partial charge in [-0.15, -0.1) is 11.6 Å². The molecule has 2 bridgehead atoms. The predicted octanol–water partition coefficient (Wildman–Crippen LogP) is -0.0760. The summed E-state index contributed by atoms with van der Waals surface area (Å²) in [6, 6.07) is -0.655. The molecule has 3 aliphatic rings. The summed E-state index contributed by atoms with van der Waals surface area (Å²) in [5.74, 6) is -0.876. The summed E-state index contributed by atoms with van der Waals surface area (Å²) in [7, 11) is -2.88. The van der Waals surface area contributed by atoms with Crippen molar-refractivity contribution in [2.24, 2.45) is 0 Å². The highest BCUT2D eigenvalue weighted by Gasteiger charge is 2.49. The van der Waals surface area contributed by atoms with Crippen LogP contribution in [-0.2, 0) is 18.1 Å². The van der Waals surface area contributed by atoms with E-state index in [0.29, 0.717) is 26.3 Å². The van der Waals surface area contributed by atoms with E-state index in [4.69, 9.17) is 24.9 Å². The molecule has 0 radical (unpaired) electrons. The largest absolute Gasteiger partial charge is 0.516 e.